The van der Waals surface area contributed by atoms with Crippen molar-refractivity contribution in [2.24, 2.45) is 0 Å². The van der Waals surface area contributed by atoms with Crippen molar-refractivity contribution >= 4 is 17.8 Å². The summed E-state index contributed by atoms with van der Waals surface area (Å²) in [6.45, 7) is -0.472. The molecule has 2 aromatic rings. The molecule has 2 aromatic carbocycles. The number of para-hydroxylation sites is 2. The first-order chi connectivity index (χ1) is 14.0. The molecule has 0 spiro atoms. The van der Waals surface area contributed by atoms with Gasteiger partial charge in [0.2, 0.25) is 0 Å². The van der Waals surface area contributed by atoms with Crippen molar-refractivity contribution in [3.8, 4) is 11.5 Å². The van der Waals surface area contributed by atoms with Crippen molar-refractivity contribution in [1.29, 1.82) is 0 Å². The Labute approximate surface area is 169 Å². The number of carbonyl (C=O) groups is 3. The number of nitrogens with one attached hydrogen (secondary N) is 1. The lowest BCUT2D eigenvalue weighted by atomic mass is 10.2. The normalized spacial score (nSPS) is 10.0. The van der Waals surface area contributed by atoms with Gasteiger partial charge in [0.05, 0.1) is 19.8 Å². The first-order valence-electron chi connectivity index (χ1n) is 8.89. The zero-order valence-corrected chi connectivity index (χ0v) is 16.6. The van der Waals surface area contributed by atoms with Crippen LogP contribution in [-0.2, 0) is 20.9 Å². The van der Waals surface area contributed by atoms with Gasteiger partial charge in [-0.3, -0.25) is 14.4 Å². The van der Waals surface area contributed by atoms with Gasteiger partial charge in [-0.15, -0.1) is 0 Å². The molecule has 154 valence electrons. The summed E-state index contributed by atoms with van der Waals surface area (Å²) in [4.78, 5) is 37.6. The number of likely N-dealkylation sites (N-methyl/N-ethyl adjacent to an activating group) is 1. The molecule has 8 nitrogen and oxygen atoms in total. The molecular weight excluding hydrogens is 376 g/mol. The van der Waals surface area contributed by atoms with Crippen LogP contribution in [0.2, 0.25) is 0 Å². The number of benzene rings is 2. The predicted molar refractivity (Wildman–Crippen MR) is 106 cm³/mol. The smallest absolute Gasteiger partial charge is 0.325 e. The maximum Gasteiger partial charge on any atom is 0.325 e. The topological polar surface area (TPSA) is 94.2 Å². The number of methoxy groups -OCH3 is 2. The summed E-state index contributed by atoms with van der Waals surface area (Å²) in [6, 6.07) is 14.0. The third kappa shape index (κ3) is 6.24. The van der Waals surface area contributed by atoms with Crippen molar-refractivity contribution in [3.05, 3.63) is 59.7 Å². The van der Waals surface area contributed by atoms with E-state index in [1.807, 2.05) is 18.2 Å². The molecule has 0 fully saturated rings. The Morgan fingerprint density at radius 1 is 0.931 bits per heavy atom. The highest BCUT2D eigenvalue weighted by molar-refractivity contribution is 5.98. The summed E-state index contributed by atoms with van der Waals surface area (Å²) < 4.78 is 15.3. The number of amides is 2. The van der Waals surface area contributed by atoms with E-state index in [4.69, 9.17) is 14.2 Å². The molecule has 8 heteroatoms. The van der Waals surface area contributed by atoms with Gasteiger partial charge < -0.3 is 24.4 Å². The highest BCUT2D eigenvalue weighted by atomic mass is 16.5. The highest BCUT2D eigenvalue weighted by Crippen LogP contribution is 2.19. The number of hydrogen-bond acceptors (Lipinski definition) is 6. The Kier molecular flexibility index (Phi) is 8.02. The van der Waals surface area contributed by atoms with E-state index in [2.05, 4.69) is 5.32 Å². The van der Waals surface area contributed by atoms with Crippen molar-refractivity contribution in [2.75, 3.05) is 34.4 Å². The van der Waals surface area contributed by atoms with Gasteiger partial charge in [-0.1, -0.05) is 30.3 Å². The van der Waals surface area contributed by atoms with Crippen LogP contribution in [0, 0.1) is 0 Å². The molecule has 0 bridgehead atoms. The summed E-state index contributed by atoms with van der Waals surface area (Å²) in [5.41, 5.74) is 1.14. The quantitative estimate of drug-likeness (QED) is 0.643. The summed E-state index contributed by atoms with van der Waals surface area (Å²) in [5.74, 6) is -0.499. The van der Waals surface area contributed by atoms with Gasteiger partial charge in [-0.2, -0.15) is 0 Å². The van der Waals surface area contributed by atoms with E-state index >= 15 is 0 Å². The number of nitrogens with zero attached hydrogens (tertiary/aromatic N) is 1. The molecule has 0 aliphatic heterocycles. The molecule has 0 unspecified atom stereocenters. The van der Waals surface area contributed by atoms with Crippen molar-refractivity contribution in [2.45, 2.75) is 6.54 Å². The van der Waals surface area contributed by atoms with Crippen LogP contribution in [0.5, 0.6) is 11.5 Å². The lowest BCUT2D eigenvalue weighted by Crippen LogP contribution is -2.34. The van der Waals surface area contributed by atoms with Crippen LogP contribution in [0.4, 0.5) is 0 Å². The van der Waals surface area contributed by atoms with Gasteiger partial charge in [0.15, 0.2) is 6.61 Å². The largest absolute Gasteiger partial charge is 0.496 e. The fourth-order valence-electron chi connectivity index (χ4n) is 2.56. The van der Waals surface area contributed by atoms with Crippen LogP contribution in [0.15, 0.2) is 48.5 Å². The van der Waals surface area contributed by atoms with Crippen molar-refractivity contribution in [3.63, 3.8) is 0 Å². The number of esters is 1. The van der Waals surface area contributed by atoms with Crippen LogP contribution in [0.1, 0.15) is 15.9 Å². The number of ether oxygens (including phenoxy) is 3. The molecule has 29 heavy (non-hydrogen) atoms. The van der Waals surface area contributed by atoms with E-state index in [-0.39, 0.29) is 12.5 Å². The second kappa shape index (κ2) is 10.7. The fraction of sp³-hybridized carbons (Fsp3) is 0.286. The van der Waals surface area contributed by atoms with E-state index in [0.29, 0.717) is 23.6 Å². The van der Waals surface area contributed by atoms with Gasteiger partial charge in [-0.25, -0.2) is 0 Å². The van der Waals surface area contributed by atoms with Crippen LogP contribution in [0.25, 0.3) is 0 Å². The fourth-order valence-corrected chi connectivity index (χ4v) is 2.56. The molecule has 2 amide bonds. The molecular formula is C21H24N2O6. The van der Waals surface area contributed by atoms with Crippen LogP contribution in [-0.4, -0.2) is 57.1 Å². The molecule has 0 saturated carbocycles. The molecule has 0 saturated heterocycles. The van der Waals surface area contributed by atoms with E-state index < -0.39 is 18.5 Å². The van der Waals surface area contributed by atoms with Gasteiger partial charge in [0.25, 0.3) is 11.8 Å². The summed E-state index contributed by atoms with van der Waals surface area (Å²) in [6.07, 6.45) is 0. The Balaban J connectivity index is 1.79. The second-order valence-electron chi connectivity index (χ2n) is 6.11. The zero-order chi connectivity index (χ0) is 21.2. The average molecular weight is 400 g/mol. The Morgan fingerprint density at radius 2 is 1.55 bits per heavy atom. The molecule has 0 aliphatic carbocycles. The van der Waals surface area contributed by atoms with Crippen LogP contribution in [0.3, 0.4) is 0 Å². The summed E-state index contributed by atoms with van der Waals surface area (Å²) in [5, 5.41) is 2.45. The minimum absolute atomic E-state index is 0.301. The Hall–Kier alpha value is -3.55. The molecule has 0 aliphatic rings. The minimum Gasteiger partial charge on any atom is -0.496 e. The van der Waals surface area contributed by atoms with Crippen molar-refractivity contribution < 1.29 is 28.6 Å². The van der Waals surface area contributed by atoms with Crippen LogP contribution >= 0.6 is 0 Å². The predicted octanol–water partition coefficient (Wildman–Crippen LogP) is 1.64. The van der Waals surface area contributed by atoms with E-state index in [0.717, 1.165) is 5.56 Å². The molecule has 0 heterocycles. The first-order valence-corrected chi connectivity index (χ1v) is 8.89. The molecule has 0 aromatic heterocycles. The lowest BCUT2D eigenvalue weighted by molar-refractivity contribution is -0.150. The van der Waals surface area contributed by atoms with Crippen LogP contribution < -0.4 is 14.8 Å². The lowest BCUT2D eigenvalue weighted by Gasteiger charge is -2.18. The van der Waals surface area contributed by atoms with E-state index in [1.54, 1.807) is 44.5 Å². The minimum atomic E-state index is -0.715. The Morgan fingerprint density at radius 3 is 2.24 bits per heavy atom. The van der Waals surface area contributed by atoms with Gasteiger partial charge in [0.1, 0.15) is 18.0 Å². The van der Waals surface area contributed by atoms with Gasteiger partial charge >= 0.3 is 5.97 Å². The summed E-state index contributed by atoms with van der Waals surface area (Å²) >= 11 is 0. The van der Waals surface area contributed by atoms with Crippen molar-refractivity contribution in [1.82, 2.24) is 10.2 Å². The molecule has 0 atom stereocenters. The SMILES string of the molecule is COc1ccccc1CN(C)C(=O)COC(=O)CNC(=O)c1ccccc1OC. The zero-order valence-electron chi connectivity index (χ0n) is 16.6. The average Bonchev–Trinajstić information content (AvgIpc) is 2.75. The van der Waals surface area contributed by atoms with E-state index in [1.165, 1.54) is 12.0 Å². The Bertz CT molecular complexity index is 868. The monoisotopic (exact) mass is 400 g/mol. The number of carbonyl (C=O) groups excluding carboxylic acids is 3. The highest BCUT2D eigenvalue weighted by Gasteiger charge is 2.16. The van der Waals surface area contributed by atoms with E-state index in [9.17, 15) is 14.4 Å². The maximum absolute atomic E-state index is 12.2. The third-order valence-electron chi connectivity index (χ3n) is 4.13. The van der Waals surface area contributed by atoms with Gasteiger partial charge in [0, 0.05) is 19.2 Å². The second-order valence-corrected chi connectivity index (χ2v) is 6.11. The van der Waals surface area contributed by atoms with Gasteiger partial charge in [-0.05, 0) is 18.2 Å². The molecule has 1 N–H and O–H groups in total. The third-order valence-corrected chi connectivity index (χ3v) is 4.13. The number of rotatable bonds is 9. The maximum atomic E-state index is 12.2. The molecule has 2 rings (SSSR count). The number of hydrogen-bond donors (Lipinski definition) is 1. The summed E-state index contributed by atoms with van der Waals surface area (Å²) in [7, 11) is 4.61. The first kappa shape index (κ1) is 21.7. The molecule has 0 radical (unpaired) electrons. The standard InChI is InChI=1S/C21H24N2O6/c1-23(13-15-8-4-6-10-17(15)27-2)19(24)14-29-20(25)12-22-21(26)16-9-5-7-11-18(16)28-3/h4-11H,12-14H2,1-3H3,(H,22,26).